The Hall–Kier alpha value is -3.18. The lowest BCUT2D eigenvalue weighted by Crippen LogP contribution is -2.37. The summed E-state index contributed by atoms with van der Waals surface area (Å²) in [5.74, 6) is -1.22. The Morgan fingerprint density at radius 3 is 2.10 bits per heavy atom. The number of unbranched alkanes of at least 4 members (excludes halogenated alkanes) is 7. The van der Waals surface area contributed by atoms with Gasteiger partial charge in [-0.15, -0.1) is 0 Å². The zero-order chi connectivity index (χ0) is 44.3. The number of phosphoric acid groups is 1. The highest BCUT2D eigenvalue weighted by atomic mass is 31.2. The van der Waals surface area contributed by atoms with Gasteiger partial charge in [-0.2, -0.15) is 0 Å². The van der Waals surface area contributed by atoms with Crippen molar-refractivity contribution in [3.63, 3.8) is 0 Å². The fraction of sp³-hybridized carbons (Fsp3) is 0.646. The Bertz CT molecular complexity index is 1440. The van der Waals surface area contributed by atoms with Crippen molar-refractivity contribution >= 4 is 25.5 Å². The number of rotatable bonds is 36. The van der Waals surface area contributed by atoms with Crippen LogP contribution in [0.15, 0.2) is 85.1 Å². The van der Waals surface area contributed by atoms with E-state index in [9.17, 15) is 28.9 Å². The first kappa shape index (κ1) is 54.8. The van der Waals surface area contributed by atoms with Crippen molar-refractivity contribution in [1.82, 2.24) is 0 Å². The average molecular weight is 861 g/mol. The Morgan fingerprint density at radius 1 is 0.783 bits per heavy atom. The Balaban J connectivity index is 2.49. The highest BCUT2D eigenvalue weighted by Crippen LogP contribution is 2.43. The maximum atomic E-state index is 12.8. The third kappa shape index (κ3) is 31.7. The van der Waals surface area contributed by atoms with Crippen LogP contribution in [0.3, 0.4) is 0 Å². The molecule has 12 heteroatoms. The summed E-state index contributed by atoms with van der Waals surface area (Å²) in [5.41, 5.74) is 0. The molecule has 11 nitrogen and oxygen atoms in total. The standard InChI is InChI=1S/C48H78NO10P/c1-6-8-10-11-12-13-14-15-16-17-18-19-20-21-22-23-28-32-47(52)56-40-44(41-58-60(54,55)57-39-38-49(3,4)5)59-48(53)33-29-25-24-27-30-42-34-37-46(51)45(42)36-35-43(50)31-26-9-7-2/h8,10,12-13,15-16,18-19,24,27,34-37,42-45,50H,6-7,9,11,14,17,20-23,25-26,28-33,38-41H2,1-5H3/p+1/b10-8-,13-12-,16-15-,19-18-,27-24-,36-35+/t42-,43-,44+,45+/m0/s1. The minimum atomic E-state index is -4.44. The van der Waals surface area contributed by atoms with Gasteiger partial charge in [-0.3, -0.25) is 23.4 Å². The number of allylic oxidation sites excluding steroid dienone is 13. The van der Waals surface area contributed by atoms with E-state index in [-0.39, 0.29) is 43.7 Å². The predicted molar refractivity (Wildman–Crippen MR) is 242 cm³/mol. The lowest BCUT2D eigenvalue weighted by Gasteiger charge is -2.24. The molecular formula is C48H79NO10P+. The van der Waals surface area contributed by atoms with Crippen LogP contribution in [-0.2, 0) is 37.5 Å². The van der Waals surface area contributed by atoms with E-state index < -0.39 is 38.6 Å². The van der Waals surface area contributed by atoms with Gasteiger partial charge in [0.25, 0.3) is 0 Å². The van der Waals surface area contributed by atoms with E-state index in [0.29, 0.717) is 43.1 Å². The predicted octanol–water partition coefficient (Wildman–Crippen LogP) is 10.4. The number of carbonyl (C=O) groups is 3. The minimum absolute atomic E-state index is 0.0133. The van der Waals surface area contributed by atoms with Crippen molar-refractivity contribution < 1.29 is 52.0 Å². The molecule has 340 valence electrons. The van der Waals surface area contributed by atoms with Crippen molar-refractivity contribution in [3.05, 3.63) is 85.1 Å². The first-order valence-electron chi connectivity index (χ1n) is 22.4. The number of hydrogen-bond donors (Lipinski definition) is 2. The van der Waals surface area contributed by atoms with Gasteiger partial charge >= 0.3 is 19.8 Å². The van der Waals surface area contributed by atoms with Crippen LogP contribution >= 0.6 is 7.82 Å². The fourth-order valence-electron chi connectivity index (χ4n) is 6.05. The molecule has 0 heterocycles. The summed E-state index contributed by atoms with van der Waals surface area (Å²) in [7, 11) is 1.32. The lowest BCUT2D eigenvalue weighted by molar-refractivity contribution is -0.870. The van der Waals surface area contributed by atoms with Gasteiger partial charge in [0.2, 0.25) is 0 Å². The number of aliphatic hydroxyl groups excluding tert-OH is 1. The molecule has 1 rings (SSSR count). The molecule has 1 unspecified atom stereocenters. The van der Waals surface area contributed by atoms with Crippen LogP contribution in [-0.4, -0.2) is 91.9 Å². The number of quaternary nitrogens is 1. The topological polar surface area (TPSA) is 146 Å². The van der Waals surface area contributed by atoms with Crippen molar-refractivity contribution in [2.24, 2.45) is 11.8 Å². The van der Waals surface area contributed by atoms with Crippen LogP contribution in [0.1, 0.15) is 129 Å². The van der Waals surface area contributed by atoms with E-state index in [0.717, 1.165) is 70.6 Å². The summed E-state index contributed by atoms with van der Waals surface area (Å²) in [5, 5.41) is 10.2. The number of nitrogens with zero attached hydrogens (tertiary/aromatic N) is 1. The first-order chi connectivity index (χ1) is 28.8. The molecular weight excluding hydrogens is 781 g/mol. The largest absolute Gasteiger partial charge is 0.472 e. The normalized spacial score (nSPS) is 18.3. The van der Waals surface area contributed by atoms with Gasteiger partial charge in [0, 0.05) is 18.8 Å². The fourth-order valence-corrected chi connectivity index (χ4v) is 6.79. The number of esters is 2. The molecule has 0 saturated carbocycles. The summed E-state index contributed by atoms with van der Waals surface area (Å²) in [4.78, 5) is 48.0. The highest BCUT2D eigenvalue weighted by Gasteiger charge is 2.28. The van der Waals surface area contributed by atoms with Gasteiger partial charge in [-0.25, -0.2) is 4.57 Å². The molecule has 1 aliphatic carbocycles. The summed E-state index contributed by atoms with van der Waals surface area (Å²) in [6.07, 6.45) is 41.2. The molecule has 1 aliphatic rings. The Labute approximate surface area is 362 Å². The number of ketones is 1. The molecule has 0 saturated heterocycles. The number of likely N-dealkylation sites (N-methyl/N-ethyl adjacent to an activating group) is 1. The van der Waals surface area contributed by atoms with Crippen molar-refractivity contribution in [2.45, 2.75) is 142 Å². The molecule has 0 amide bonds. The van der Waals surface area contributed by atoms with Crippen LogP contribution in [0.2, 0.25) is 0 Å². The minimum Gasteiger partial charge on any atom is -0.462 e. The van der Waals surface area contributed by atoms with E-state index in [1.54, 1.807) is 12.2 Å². The van der Waals surface area contributed by atoms with E-state index in [4.69, 9.17) is 18.5 Å². The molecule has 0 spiro atoms. The molecule has 0 aliphatic heterocycles. The first-order valence-corrected chi connectivity index (χ1v) is 23.9. The molecule has 0 aromatic heterocycles. The van der Waals surface area contributed by atoms with Crippen molar-refractivity contribution in [2.75, 3.05) is 47.5 Å². The monoisotopic (exact) mass is 861 g/mol. The zero-order valence-corrected chi connectivity index (χ0v) is 38.4. The van der Waals surface area contributed by atoms with Crippen LogP contribution in [0.5, 0.6) is 0 Å². The van der Waals surface area contributed by atoms with Gasteiger partial charge in [-0.05, 0) is 82.6 Å². The number of hydrogen-bond acceptors (Lipinski definition) is 9. The summed E-state index contributed by atoms with van der Waals surface area (Å²) in [6.45, 7) is 3.92. The second kappa shape index (κ2) is 34.4. The van der Waals surface area contributed by atoms with Crippen LogP contribution in [0.4, 0.5) is 0 Å². The maximum Gasteiger partial charge on any atom is 0.472 e. The van der Waals surface area contributed by atoms with Crippen molar-refractivity contribution in [1.29, 1.82) is 0 Å². The summed E-state index contributed by atoms with van der Waals surface area (Å²) < 4.78 is 34.2. The van der Waals surface area contributed by atoms with Gasteiger partial charge < -0.3 is 24.0 Å². The van der Waals surface area contributed by atoms with Crippen molar-refractivity contribution in [3.8, 4) is 0 Å². The van der Waals surface area contributed by atoms with Gasteiger partial charge in [0.05, 0.1) is 33.9 Å². The third-order valence-electron chi connectivity index (χ3n) is 9.66. The smallest absolute Gasteiger partial charge is 0.462 e. The lowest BCUT2D eigenvalue weighted by atomic mass is 9.90. The molecule has 0 aromatic rings. The van der Waals surface area contributed by atoms with E-state index in [2.05, 4.69) is 62.5 Å². The number of carbonyl (C=O) groups excluding carboxylic acids is 3. The molecule has 60 heavy (non-hydrogen) atoms. The quantitative estimate of drug-likeness (QED) is 0.0205. The number of aliphatic hydroxyl groups is 1. The number of ether oxygens (including phenoxy) is 2. The SMILES string of the molecule is CC/C=C\C/C=C\C/C=C\C/C=C\CCCCCCC(=O)OC[C@H](COP(=O)(O)OCC[N+](C)(C)C)OC(=O)CCC/C=C\C[C@H]1C=CC(=O)[C@@H]1/C=C/[C@@H](O)CCCCC. The van der Waals surface area contributed by atoms with Gasteiger partial charge in [0.1, 0.15) is 19.8 Å². The average Bonchev–Trinajstić information content (AvgIpc) is 3.55. The van der Waals surface area contributed by atoms with Gasteiger partial charge in [-0.1, -0.05) is 125 Å². The Morgan fingerprint density at radius 2 is 1.42 bits per heavy atom. The molecule has 0 aromatic carbocycles. The molecule has 0 fully saturated rings. The summed E-state index contributed by atoms with van der Waals surface area (Å²) in [6, 6.07) is 0. The molecule has 0 bridgehead atoms. The molecule has 0 radical (unpaired) electrons. The molecule has 2 N–H and O–H groups in total. The highest BCUT2D eigenvalue weighted by molar-refractivity contribution is 7.47. The van der Waals surface area contributed by atoms with E-state index in [1.165, 1.54) is 0 Å². The third-order valence-corrected chi connectivity index (χ3v) is 10.6. The van der Waals surface area contributed by atoms with E-state index in [1.807, 2.05) is 45.4 Å². The number of phosphoric ester groups is 1. The zero-order valence-electron chi connectivity index (χ0n) is 37.5. The second-order valence-corrected chi connectivity index (χ2v) is 17.8. The Kier molecular flexibility index (Phi) is 31.5. The van der Waals surface area contributed by atoms with Crippen LogP contribution in [0, 0.1) is 11.8 Å². The van der Waals surface area contributed by atoms with Crippen LogP contribution < -0.4 is 0 Å². The summed E-state index contributed by atoms with van der Waals surface area (Å²) >= 11 is 0. The molecule has 5 atom stereocenters. The van der Waals surface area contributed by atoms with Crippen LogP contribution in [0.25, 0.3) is 0 Å². The van der Waals surface area contributed by atoms with E-state index >= 15 is 0 Å². The van der Waals surface area contributed by atoms with Gasteiger partial charge in [0.15, 0.2) is 11.9 Å². The second-order valence-electron chi connectivity index (χ2n) is 16.4. The maximum absolute atomic E-state index is 12.8.